The van der Waals surface area contributed by atoms with Gasteiger partial charge in [-0.2, -0.15) is 0 Å². The van der Waals surface area contributed by atoms with Gasteiger partial charge in [0, 0.05) is 4.91 Å². The van der Waals surface area contributed by atoms with Gasteiger partial charge in [-0.3, -0.25) is 4.79 Å². The number of carbonyl (C=O) groups excluding carboxylic acids is 2. The first-order valence-electron chi connectivity index (χ1n) is 8.14. The lowest BCUT2D eigenvalue weighted by atomic mass is 9.98. The Kier molecular flexibility index (Phi) is 6.21. The molecule has 7 nitrogen and oxygen atoms in total. The summed E-state index contributed by atoms with van der Waals surface area (Å²) in [5.74, 6) is -0.257. The van der Waals surface area contributed by atoms with Crippen LogP contribution in [0.4, 0.5) is 4.79 Å². The first kappa shape index (κ1) is 17.8. The van der Waals surface area contributed by atoms with Crippen LogP contribution in [0.15, 0.2) is 35.4 Å². The molecule has 1 aliphatic heterocycles. The number of imide groups is 1. The minimum absolute atomic E-state index is 0.159. The Hall–Kier alpha value is -2.53. The van der Waals surface area contributed by atoms with Gasteiger partial charge in [-0.15, -0.1) is 0 Å². The van der Waals surface area contributed by atoms with Crippen molar-refractivity contribution in [3.8, 4) is 0 Å². The van der Waals surface area contributed by atoms with Crippen LogP contribution in [0.3, 0.4) is 0 Å². The maximum atomic E-state index is 12.8. The van der Waals surface area contributed by atoms with Gasteiger partial charge in [-0.05, 0) is 29.9 Å². The maximum absolute atomic E-state index is 12.8. The van der Waals surface area contributed by atoms with Gasteiger partial charge in [0.2, 0.25) is 5.91 Å². The van der Waals surface area contributed by atoms with E-state index in [1.807, 2.05) is 44.2 Å². The molecule has 1 saturated heterocycles. The van der Waals surface area contributed by atoms with Crippen molar-refractivity contribution >= 4 is 12.0 Å². The van der Waals surface area contributed by atoms with Crippen molar-refractivity contribution < 1.29 is 14.3 Å². The van der Waals surface area contributed by atoms with Crippen molar-refractivity contribution in [2.75, 3.05) is 6.61 Å². The predicted octanol–water partition coefficient (Wildman–Crippen LogP) is 3.69. The quantitative estimate of drug-likeness (QED) is 0.433. The van der Waals surface area contributed by atoms with Crippen LogP contribution in [0.1, 0.15) is 32.3 Å². The summed E-state index contributed by atoms with van der Waals surface area (Å²) in [4.78, 5) is 28.7. The van der Waals surface area contributed by atoms with E-state index in [0.717, 1.165) is 16.9 Å². The molecule has 0 saturated carbocycles. The van der Waals surface area contributed by atoms with Gasteiger partial charge in [-0.1, -0.05) is 55.7 Å². The van der Waals surface area contributed by atoms with E-state index in [1.54, 1.807) is 0 Å². The second kappa shape index (κ2) is 8.36. The number of cyclic esters (lactones) is 1. The first-order valence-corrected chi connectivity index (χ1v) is 8.14. The molecule has 2 amide bonds. The number of rotatable bonds is 7. The summed E-state index contributed by atoms with van der Waals surface area (Å²) in [6.45, 7) is 4.15. The fourth-order valence-electron chi connectivity index (χ4n) is 2.73. The van der Waals surface area contributed by atoms with E-state index in [4.69, 9.17) is 10.3 Å². The molecule has 0 spiro atoms. The number of azide groups is 1. The van der Waals surface area contributed by atoms with Crippen LogP contribution < -0.4 is 0 Å². The Morgan fingerprint density at radius 1 is 1.46 bits per heavy atom. The van der Waals surface area contributed by atoms with Crippen LogP contribution in [0.25, 0.3) is 10.4 Å². The number of hydrogen-bond donors (Lipinski definition) is 0. The number of carbonyl (C=O) groups is 2. The van der Waals surface area contributed by atoms with E-state index in [0.29, 0.717) is 12.8 Å². The molecule has 0 N–H and O–H groups in total. The highest BCUT2D eigenvalue weighted by Gasteiger charge is 2.40. The Morgan fingerprint density at radius 2 is 2.17 bits per heavy atom. The lowest BCUT2D eigenvalue weighted by molar-refractivity contribution is -0.130. The highest BCUT2D eigenvalue weighted by atomic mass is 16.6. The van der Waals surface area contributed by atoms with Gasteiger partial charge in [0.05, 0.1) is 6.04 Å². The van der Waals surface area contributed by atoms with Crippen LogP contribution in [0, 0.1) is 5.92 Å². The van der Waals surface area contributed by atoms with Crippen LogP contribution >= 0.6 is 0 Å². The molecule has 0 bridgehead atoms. The fourth-order valence-corrected chi connectivity index (χ4v) is 2.73. The third kappa shape index (κ3) is 4.26. The molecule has 128 valence electrons. The Balaban J connectivity index is 2.16. The summed E-state index contributed by atoms with van der Waals surface area (Å²) in [5, 5.41) is 3.61. The molecule has 24 heavy (non-hydrogen) atoms. The summed E-state index contributed by atoms with van der Waals surface area (Å²) in [7, 11) is 0. The number of nitrogens with zero attached hydrogens (tertiary/aromatic N) is 4. The van der Waals surface area contributed by atoms with E-state index in [2.05, 4.69) is 10.0 Å². The molecule has 1 fully saturated rings. The molecule has 1 heterocycles. The van der Waals surface area contributed by atoms with Crippen LogP contribution in [-0.2, 0) is 16.0 Å². The van der Waals surface area contributed by atoms with Crippen LogP contribution in [0.2, 0.25) is 0 Å². The highest BCUT2D eigenvalue weighted by Crippen LogP contribution is 2.22. The molecule has 0 aromatic heterocycles. The molecule has 0 radical (unpaired) electrons. The Labute approximate surface area is 141 Å². The summed E-state index contributed by atoms with van der Waals surface area (Å²) >= 11 is 0. The predicted molar refractivity (Wildman–Crippen MR) is 89.1 cm³/mol. The van der Waals surface area contributed by atoms with Gasteiger partial charge in [-0.25, -0.2) is 9.69 Å². The van der Waals surface area contributed by atoms with E-state index < -0.39 is 18.0 Å². The summed E-state index contributed by atoms with van der Waals surface area (Å²) in [6.07, 6.45) is 1.14. The molecule has 1 aliphatic rings. The minimum Gasteiger partial charge on any atom is -0.447 e. The Morgan fingerprint density at radius 3 is 2.79 bits per heavy atom. The van der Waals surface area contributed by atoms with Gasteiger partial charge < -0.3 is 4.74 Å². The van der Waals surface area contributed by atoms with Crippen molar-refractivity contribution in [3.63, 3.8) is 0 Å². The molecule has 1 unspecified atom stereocenters. The third-order valence-corrected chi connectivity index (χ3v) is 4.31. The van der Waals surface area contributed by atoms with Crippen molar-refractivity contribution in [3.05, 3.63) is 46.3 Å². The highest BCUT2D eigenvalue weighted by molar-refractivity contribution is 5.96. The van der Waals surface area contributed by atoms with Crippen molar-refractivity contribution in [2.45, 2.75) is 45.2 Å². The van der Waals surface area contributed by atoms with Gasteiger partial charge in [0.1, 0.15) is 12.6 Å². The second-order valence-corrected chi connectivity index (χ2v) is 6.10. The average Bonchev–Trinajstić information content (AvgIpc) is 2.95. The van der Waals surface area contributed by atoms with Crippen LogP contribution in [-0.4, -0.2) is 35.6 Å². The SMILES string of the molecule is CC[C@@H](C)CC(N=[N+]=[N-])C(=O)N1C(=O)OC[C@H]1Cc1ccccc1. The molecule has 0 aliphatic carbocycles. The molecular formula is C17H22N4O3. The molecular weight excluding hydrogens is 308 g/mol. The molecule has 1 aromatic carbocycles. The van der Waals surface area contributed by atoms with Crippen LogP contribution in [0.5, 0.6) is 0 Å². The fraction of sp³-hybridized carbons (Fsp3) is 0.529. The standard InChI is InChI=1S/C17H22N4O3/c1-3-12(2)9-15(19-20-18)16(22)21-14(11-24-17(21)23)10-13-7-5-4-6-8-13/h4-8,12,14-15H,3,9-11H2,1-2H3/t12-,14-,15?/m1/s1. The number of benzene rings is 1. The number of hydrogen-bond acceptors (Lipinski definition) is 4. The zero-order valence-corrected chi connectivity index (χ0v) is 14.0. The zero-order chi connectivity index (χ0) is 17.5. The minimum atomic E-state index is -0.881. The monoisotopic (exact) mass is 330 g/mol. The van der Waals surface area contributed by atoms with E-state index in [1.165, 1.54) is 0 Å². The largest absolute Gasteiger partial charge is 0.447 e. The molecule has 1 aromatic rings. The first-order chi connectivity index (χ1) is 11.6. The average molecular weight is 330 g/mol. The number of amides is 2. The third-order valence-electron chi connectivity index (χ3n) is 4.31. The van der Waals surface area contributed by atoms with E-state index in [9.17, 15) is 9.59 Å². The topological polar surface area (TPSA) is 95.4 Å². The lowest BCUT2D eigenvalue weighted by Crippen LogP contribution is -2.45. The molecule has 3 atom stereocenters. The van der Waals surface area contributed by atoms with Gasteiger partial charge >= 0.3 is 6.09 Å². The zero-order valence-electron chi connectivity index (χ0n) is 14.0. The van der Waals surface area contributed by atoms with Gasteiger partial charge in [0.15, 0.2) is 0 Å². The van der Waals surface area contributed by atoms with Crippen molar-refractivity contribution in [2.24, 2.45) is 11.0 Å². The Bertz CT molecular complexity index is 628. The summed E-state index contributed by atoms with van der Waals surface area (Å²) in [6, 6.07) is 8.35. The maximum Gasteiger partial charge on any atom is 0.416 e. The number of ether oxygens (including phenoxy) is 1. The lowest BCUT2D eigenvalue weighted by Gasteiger charge is -2.24. The molecule has 2 rings (SSSR count). The van der Waals surface area contributed by atoms with Crippen molar-refractivity contribution in [1.29, 1.82) is 0 Å². The summed E-state index contributed by atoms with van der Waals surface area (Å²) in [5.41, 5.74) is 9.77. The summed E-state index contributed by atoms with van der Waals surface area (Å²) < 4.78 is 5.06. The van der Waals surface area contributed by atoms with Gasteiger partial charge in [0.25, 0.3) is 0 Å². The van der Waals surface area contributed by atoms with Crippen molar-refractivity contribution in [1.82, 2.24) is 4.90 Å². The second-order valence-electron chi connectivity index (χ2n) is 6.10. The van der Waals surface area contributed by atoms with E-state index >= 15 is 0 Å². The molecule has 7 heteroatoms. The van der Waals surface area contributed by atoms with E-state index in [-0.39, 0.29) is 18.6 Å². The smallest absolute Gasteiger partial charge is 0.416 e. The normalized spacial score (nSPS) is 19.3.